The van der Waals surface area contributed by atoms with Gasteiger partial charge in [0, 0.05) is 12.0 Å². The highest BCUT2D eigenvalue weighted by Gasteiger charge is 2.57. The molecule has 3 rings (SSSR count). The van der Waals surface area contributed by atoms with Crippen molar-refractivity contribution in [2.75, 3.05) is 6.61 Å². The zero-order valence-electron chi connectivity index (χ0n) is 11.4. The van der Waals surface area contributed by atoms with E-state index in [4.69, 9.17) is 4.74 Å². The number of hydrogen-bond donors (Lipinski definition) is 0. The molecule has 0 aromatic heterocycles. The van der Waals surface area contributed by atoms with Crippen molar-refractivity contribution in [1.82, 2.24) is 0 Å². The summed E-state index contributed by atoms with van der Waals surface area (Å²) in [7, 11) is 0. The van der Waals surface area contributed by atoms with Crippen molar-refractivity contribution in [1.29, 1.82) is 0 Å². The van der Waals surface area contributed by atoms with E-state index in [1.54, 1.807) is 0 Å². The molecule has 0 aliphatic heterocycles. The second-order valence-corrected chi connectivity index (χ2v) is 5.27. The molecule has 0 spiro atoms. The maximum Gasteiger partial charge on any atom is 0.0725 e. The minimum Gasteiger partial charge on any atom is -0.377 e. The molecule has 0 N–H and O–H groups in total. The first-order valence-electron chi connectivity index (χ1n) is 7.10. The molecule has 2 aromatic rings. The lowest BCUT2D eigenvalue weighted by molar-refractivity contribution is 0.108. The average Bonchev–Trinajstić information content (AvgIpc) is 3.23. The molecule has 0 unspecified atom stereocenters. The van der Waals surface area contributed by atoms with Gasteiger partial charge in [0.25, 0.3) is 0 Å². The minimum atomic E-state index is 0.0810. The summed E-state index contributed by atoms with van der Waals surface area (Å²) in [6, 6.07) is 21.5. The molecular weight excluding hydrogens is 232 g/mol. The molecule has 1 saturated carbocycles. The van der Waals surface area contributed by atoms with E-state index in [1.807, 2.05) is 0 Å². The first-order valence-corrected chi connectivity index (χ1v) is 7.10. The summed E-state index contributed by atoms with van der Waals surface area (Å²) in [4.78, 5) is 0. The Labute approximate surface area is 115 Å². The van der Waals surface area contributed by atoms with E-state index in [0.29, 0.717) is 6.10 Å². The standard InChI is InChI=1S/C18H20O/c1-2-13-19-17-14-18(17,15-9-5-3-6-10-15)16-11-7-4-8-12-16/h3-12,17H,2,13-14H2,1H3/t17-/m0/s1. The molecule has 2 aromatic carbocycles. The summed E-state index contributed by atoms with van der Waals surface area (Å²) in [5.74, 6) is 0. The van der Waals surface area contributed by atoms with Crippen LogP contribution in [0.2, 0.25) is 0 Å². The van der Waals surface area contributed by atoms with Crippen LogP contribution in [0.25, 0.3) is 0 Å². The number of rotatable bonds is 5. The van der Waals surface area contributed by atoms with Gasteiger partial charge in [0.1, 0.15) is 0 Å². The van der Waals surface area contributed by atoms with E-state index in [9.17, 15) is 0 Å². The summed E-state index contributed by atoms with van der Waals surface area (Å²) >= 11 is 0. The fourth-order valence-corrected chi connectivity index (χ4v) is 2.94. The van der Waals surface area contributed by atoms with Crippen LogP contribution in [0, 0.1) is 0 Å². The van der Waals surface area contributed by atoms with Gasteiger partial charge in [0.05, 0.1) is 6.10 Å². The third-order valence-electron chi connectivity index (χ3n) is 4.00. The molecule has 1 nitrogen and oxygen atoms in total. The number of benzene rings is 2. The van der Waals surface area contributed by atoms with Gasteiger partial charge in [-0.3, -0.25) is 0 Å². The summed E-state index contributed by atoms with van der Waals surface area (Å²) < 4.78 is 6.03. The van der Waals surface area contributed by atoms with Crippen molar-refractivity contribution < 1.29 is 4.74 Å². The van der Waals surface area contributed by atoms with Gasteiger partial charge in [-0.2, -0.15) is 0 Å². The van der Waals surface area contributed by atoms with E-state index < -0.39 is 0 Å². The fraction of sp³-hybridized carbons (Fsp3) is 0.333. The predicted molar refractivity (Wildman–Crippen MR) is 78.3 cm³/mol. The normalized spacial score (nSPS) is 20.2. The van der Waals surface area contributed by atoms with Gasteiger partial charge in [-0.05, 0) is 24.0 Å². The SMILES string of the molecule is CCCO[C@H]1CC1(c1ccccc1)c1ccccc1. The Morgan fingerprint density at radius 2 is 1.47 bits per heavy atom. The van der Waals surface area contributed by atoms with Crippen LogP contribution in [0.1, 0.15) is 30.9 Å². The van der Waals surface area contributed by atoms with Crippen molar-refractivity contribution in [3.63, 3.8) is 0 Å². The highest BCUT2D eigenvalue weighted by atomic mass is 16.5. The molecule has 0 amide bonds. The van der Waals surface area contributed by atoms with E-state index in [1.165, 1.54) is 11.1 Å². The maximum atomic E-state index is 6.03. The fourth-order valence-electron chi connectivity index (χ4n) is 2.94. The van der Waals surface area contributed by atoms with Gasteiger partial charge in [0.2, 0.25) is 0 Å². The molecule has 1 aliphatic carbocycles. The second kappa shape index (κ2) is 5.18. The lowest BCUT2D eigenvalue weighted by Gasteiger charge is -2.18. The first-order chi connectivity index (χ1) is 9.38. The first kappa shape index (κ1) is 12.4. The smallest absolute Gasteiger partial charge is 0.0725 e. The summed E-state index contributed by atoms with van der Waals surface area (Å²) in [5, 5.41) is 0. The van der Waals surface area contributed by atoms with Crippen LogP contribution < -0.4 is 0 Å². The Morgan fingerprint density at radius 1 is 0.947 bits per heavy atom. The van der Waals surface area contributed by atoms with Gasteiger partial charge in [0.15, 0.2) is 0 Å². The Bertz CT molecular complexity index is 478. The lowest BCUT2D eigenvalue weighted by atomic mass is 9.87. The highest BCUT2D eigenvalue weighted by Crippen LogP contribution is 2.55. The number of ether oxygens (including phenoxy) is 1. The van der Waals surface area contributed by atoms with Gasteiger partial charge < -0.3 is 4.74 Å². The molecule has 0 heterocycles. The van der Waals surface area contributed by atoms with E-state index in [-0.39, 0.29) is 5.41 Å². The zero-order valence-corrected chi connectivity index (χ0v) is 11.4. The second-order valence-electron chi connectivity index (χ2n) is 5.27. The van der Waals surface area contributed by atoms with E-state index >= 15 is 0 Å². The van der Waals surface area contributed by atoms with Gasteiger partial charge >= 0.3 is 0 Å². The lowest BCUT2D eigenvalue weighted by Crippen LogP contribution is -2.16. The minimum absolute atomic E-state index is 0.0810. The molecule has 0 radical (unpaired) electrons. The van der Waals surface area contributed by atoms with Crippen LogP contribution in [-0.2, 0) is 10.2 Å². The van der Waals surface area contributed by atoms with Gasteiger partial charge in [-0.25, -0.2) is 0 Å². The molecule has 0 bridgehead atoms. The molecule has 1 atom stereocenters. The topological polar surface area (TPSA) is 9.23 Å². The third kappa shape index (κ3) is 2.19. The average molecular weight is 252 g/mol. The summed E-state index contributed by atoms with van der Waals surface area (Å²) in [6.07, 6.45) is 2.51. The number of hydrogen-bond acceptors (Lipinski definition) is 1. The summed E-state index contributed by atoms with van der Waals surface area (Å²) in [6.45, 7) is 3.02. The van der Waals surface area contributed by atoms with Crippen LogP contribution >= 0.6 is 0 Å². The molecular formula is C18H20O. The predicted octanol–water partition coefficient (Wildman–Crippen LogP) is 4.17. The Morgan fingerprint density at radius 3 is 1.95 bits per heavy atom. The maximum absolute atomic E-state index is 6.03. The Kier molecular flexibility index (Phi) is 3.39. The molecule has 98 valence electrons. The molecule has 1 heteroatoms. The van der Waals surface area contributed by atoms with Crippen LogP contribution in [0.4, 0.5) is 0 Å². The van der Waals surface area contributed by atoms with Crippen LogP contribution in [0.15, 0.2) is 60.7 Å². The van der Waals surface area contributed by atoms with E-state index in [0.717, 1.165) is 19.4 Å². The highest BCUT2D eigenvalue weighted by molar-refractivity contribution is 5.48. The van der Waals surface area contributed by atoms with Crippen LogP contribution in [0.5, 0.6) is 0 Å². The van der Waals surface area contributed by atoms with Crippen molar-refractivity contribution >= 4 is 0 Å². The molecule has 1 fully saturated rings. The summed E-state index contributed by atoms with van der Waals surface area (Å²) in [5.41, 5.74) is 2.84. The van der Waals surface area contributed by atoms with Crippen LogP contribution in [0.3, 0.4) is 0 Å². The third-order valence-corrected chi connectivity index (χ3v) is 4.00. The van der Waals surface area contributed by atoms with E-state index in [2.05, 4.69) is 67.6 Å². The van der Waals surface area contributed by atoms with Crippen molar-refractivity contribution in [3.8, 4) is 0 Å². The van der Waals surface area contributed by atoms with Gasteiger partial charge in [-0.1, -0.05) is 67.6 Å². The van der Waals surface area contributed by atoms with Crippen molar-refractivity contribution in [2.45, 2.75) is 31.3 Å². The molecule has 0 saturated heterocycles. The molecule has 1 aliphatic rings. The monoisotopic (exact) mass is 252 g/mol. The van der Waals surface area contributed by atoms with Crippen molar-refractivity contribution in [3.05, 3.63) is 71.8 Å². The molecule has 19 heavy (non-hydrogen) atoms. The zero-order chi connectivity index (χ0) is 13.1. The van der Waals surface area contributed by atoms with Crippen molar-refractivity contribution in [2.24, 2.45) is 0 Å². The Hall–Kier alpha value is -1.60. The van der Waals surface area contributed by atoms with Gasteiger partial charge in [-0.15, -0.1) is 0 Å². The van der Waals surface area contributed by atoms with Crippen LogP contribution in [-0.4, -0.2) is 12.7 Å². The largest absolute Gasteiger partial charge is 0.377 e. The quantitative estimate of drug-likeness (QED) is 0.776. The Balaban J connectivity index is 1.95.